The van der Waals surface area contributed by atoms with E-state index in [1.165, 1.54) is 16.7 Å². The van der Waals surface area contributed by atoms with Gasteiger partial charge in [0.15, 0.2) is 0 Å². The Morgan fingerprint density at radius 3 is 2.21 bits per heavy atom. The van der Waals surface area contributed by atoms with Gasteiger partial charge in [0, 0.05) is 25.0 Å². The fourth-order valence-electron chi connectivity index (χ4n) is 5.39. The van der Waals surface area contributed by atoms with Crippen LogP contribution in [-0.2, 0) is 16.9 Å². The van der Waals surface area contributed by atoms with Crippen LogP contribution in [0.3, 0.4) is 0 Å². The Balaban J connectivity index is 1.50. The van der Waals surface area contributed by atoms with Crippen LogP contribution in [0.1, 0.15) is 48.8 Å². The van der Waals surface area contributed by atoms with Crippen molar-refractivity contribution in [1.82, 2.24) is 9.80 Å². The number of amides is 1. The Bertz CT molecular complexity index is 835. The zero-order chi connectivity index (χ0) is 19.8. The predicted molar refractivity (Wildman–Crippen MR) is 114 cm³/mol. The van der Waals surface area contributed by atoms with E-state index in [4.69, 9.17) is 0 Å². The Hall–Kier alpha value is -2.13. The molecule has 0 radical (unpaired) electrons. The van der Waals surface area contributed by atoms with E-state index in [0.717, 1.165) is 45.2 Å². The van der Waals surface area contributed by atoms with Gasteiger partial charge in [-0.3, -0.25) is 9.69 Å². The highest BCUT2D eigenvalue weighted by Gasteiger charge is 2.50. The van der Waals surface area contributed by atoms with Crippen molar-refractivity contribution in [3.05, 3.63) is 71.3 Å². The molecule has 0 unspecified atom stereocenters. The summed E-state index contributed by atoms with van der Waals surface area (Å²) < 4.78 is 0. The number of hydrogen-bond acceptors (Lipinski definition) is 2. The van der Waals surface area contributed by atoms with Gasteiger partial charge in [0.1, 0.15) is 0 Å². The third kappa shape index (κ3) is 3.37. The second-order valence-electron chi connectivity index (χ2n) is 9.15. The Labute approximate surface area is 169 Å². The molecule has 1 spiro atoms. The molecule has 0 bridgehead atoms. The minimum atomic E-state index is 0.0962. The van der Waals surface area contributed by atoms with E-state index in [2.05, 4.69) is 85.4 Å². The first kappa shape index (κ1) is 19.2. The van der Waals surface area contributed by atoms with E-state index in [-0.39, 0.29) is 11.0 Å². The van der Waals surface area contributed by atoms with Crippen LogP contribution in [0, 0.1) is 12.3 Å². The summed E-state index contributed by atoms with van der Waals surface area (Å²) in [5, 5.41) is 0. The second kappa shape index (κ2) is 7.36. The molecule has 1 saturated carbocycles. The molecule has 1 amide bonds. The van der Waals surface area contributed by atoms with Crippen LogP contribution in [0.4, 0.5) is 0 Å². The van der Waals surface area contributed by atoms with E-state index in [9.17, 15) is 4.79 Å². The Morgan fingerprint density at radius 2 is 1.57 bits per heavy atom. The maximum atomic E-state index is 12.8. The van der Waals surface area contributed by atoms with Crippen LogP contribution in [0.5, 0.6) is 0 Å². The number of likely N-dealkylation sites (tertiary alicyclic amines) is 1. The van der Waals surface area contributed by atoms with Gasteiger partial charge < -0.3 is 4.90 Å². The first-order valence-electron chi connectivity index (χ1n) is 10.5. The van der Waals surface area contributed by atoms with Crippen molar-refractivity contribution in [2.45, 2.75) is 51.1 Å². The summed E-state index contributed by atoms with van der Waals surface area (Å²) in [7, 11) is 4.41. The first-order valence-corrected chi connectivity index (χ1v) is 10.5. The van der Waals surface area contributed by atoms with E-state index in [0.29, 0.717) is 5.91 Å². The molecule has 0 aromatic heterocycles. The summed E-state index contributed by atoms with van der Waals surface area (Å²) in [6.45, 7) is 3.81. The Morgan fingerprint density at radius 1 is 0.929 bits per heavy atom. The lowest BCUT2D eigenvalue weighted by atomic mass is 9.64. The molecule has 0 N–H and O–H groups in total. The van der Waals surface area contributed by atoms with E-state index in [1.54, 1.807) is 0 Å². The predicted octanol–water partition coefficient (Wildman–Crippen LogP) is 4.74. The first-order chi connectivity index (χ1) is 13.4. The van der Waals surface area contributed by atoms with Crippen molar-refractivity contribution < 1.29 is 4.79 Å². The van der Waals surface area contributed by atoms with Gasteiger partial charge in [-0.25, -0.2) is 0 Å². The summed E-state index contributed by atoms with van der Waals surface area (Å²) in [4.78, 5) is 17.3. The largest absolute Gasteiger partial charge is 0.338 e. The van der Waals surface area contributed by atoms with Gasteiger partial charge in [-0.1, -0.05) is 54.6 Å². The van der Waals surface area contributed by atoms with Gasteiger partial charge in [-0.15, -0.1) is 0 Å². The molecule has 28 heavy (non-hydrogen) atoms. The fourth-order valence-corrected chi connectivity index (χ4v) is 5.39. The zero-order valence-electron chi connectivity index (χ0n) is 17.4. The molecule has 1 heterocycles. The lowest BCUT2D eigenvalue weighted by Gasteiger charge is -2.48. The molecule has 3 heteroatoms. The lowest BCUT2D eigenvalue weighted by Crippen LogP contribution is -2.47. The minimum Gasteiger partial charge on any atom is -0.338 e. The summed E-state index contributed by atoms with van der Waals surface area (Å²) >= 11 is 0. The summed E-state index contributed by atoms with van der Waals surface area (Å²) in [5.74, 6) is 0.334. The molecular formula is C25H32N2O. The van der Waals surface area contributed by atoms with Crippen molar-refractivity contribution in [3.8, 4) is 0 Å². The van der Waals surface area contributed by atoms with Crippen LogP contribution < -0.4 is 0 Å². The van der Waals surface area contributed by atoms with Crippen LogP contribution in [0.15, 0.2) is 54.6 Å². The van der Waals surface area contributed by atoms with Crippen LogP contribution in [0.25, 0.3) is 0 Å². The Kier molecular flexibility index (Phi) is 5.05. The number of carbonyl (C=O) groups is 1. The summed E-state index contributed by atoms with van der Waals surface area (Å²) in [6, 6.07) is 19.4. The quantitative estimate of drug-likeness (QED) is 0.769. The van der Waals surface area contributed by atoms with Crippen molar-refractivity contribution in [2.75, 3.05) is 20.6 Å². The minimum absolute atomic E-state index is 0.0962. The highest BCUT2D eigenvalue weighted by Crippen LogP contribution is 2.52. The molecule has 1 aliphatic carbocycles. The molecule has 3 nitrogen and oxygen atoms in total. The molecule has 2 aromatic rings. The number of aryl methyl sites for hydroxylation is 1. The van der Waals surface area contributed by atoms with Gasteiger partial charge in [0.05, 0.1) is 0 Å². The molecule has 4 rings (SSSR count). The lowest BCUT2D eigenvalue weighted by molar-refractivity contribution is -0.128. The number of benzene rings is 2. The molecule has 2 fully saturated rings. The van der Waals surface area contributed by atoms with Crippen LogP contribution in [0.2, 0.25) is 0 Å². The molecule has 1 aliphatic heterocycles. The number of carbonyl (C=O) groups excluding carboxylic acids is 1. The summed E-state index contributed by atoms with van der Waals surface area (Å²) in [6.07, 6.45) is 5.20. The van der Waals surface area contributed by atoms with Gasteiger partial charge >= 0.3 is 0 Å². The highest BCUT2D eigenvalue weighted by atomic mass is 16.2. The zero-order valence-corrected chi connectivity index (χ0v) is 17.4. The SMILES string of the molecule is Cc1ccccc1CN1CC2(CCC(c3ccccc3)(N(C)C)CC2)CC1=O. The highest BCUT2D eigenvalue weighted by molar-refractivity contribution is 5.79. The molecule has 148 valence electrons. The van der Waals surface area contributed by atoms with Crippen molar-refractivity contribution in [2.24, 2.45) is 5.41 Å². The fraction of sp³-hybridized carbons (Fsp3) is 0.480. The maximum Gasteiger partial charge on any atom is 0.223 e. The smallest absolute Gasteiger partial charge is 0.223 e. The summed E-state index contributed by atoms with van der Waals surface area (Å²) in [5.41, 5.74) is 4.22. The van der Waals surface area contributed by atoms with Crippen LogP contribution in [-0.4, -0.2) is 36.3 Å². The van der Waals surface area contributed by atoms with E-state index in [1.807, 2.05) is 0 Å². The average Bonchev–Trinajstić information content (AvgIpc) is 3.00. The maximum absolute atomic E-state index is 12.8. The number of rotatable bonds is 4. The van der Waals surface area contributed by atoms with Gasteiger partial charge in [-0.05, 0) is 68.8 Å². The van der Waals surface area contributed by atoms with Gasteiger partial charge in [0.2, 0.25) is 5.91 Å². The van der Waals surface area contributed by atoms with Gasteiger partial charge in [-0.2, -0.15) is 0 Å². The molecule has 2 aromatic carbocycles. The normalized spacial score (nSPS) is 27.7. The molecule has 1 saturated heterocycles. The van der Waals surface area contributed by atoms with Crippen molar-refractivity contribution in [3.63, 3.8) is 0 Å². The molecule has 0 atom stereocenters. The topological polar surface area (TPSA) is 23.6 Å². The van der Waals surface area contributed by atoms with E-state index >= 15 is 0 Å². The van der Waals surface area contributed by atoms with Crippen LogP contribution >= 0.6 is 0 Å². The standard InChI is InChI=1S/C25H32N2O/c1-20-9-7-8-10-21(20)18-27-19-24(17-23(27)28)13-15-25(16-14-24,26(2)3)22-11-5-4-6-12-22/h4-12H,13-19H2,1-3H3. The van der Waals surface area contributed by atoms with Crippen molar-refractivity contribution in [1.29, 1.82) is 0 Å². The number of hydrogen-bond donors (Lipinski definition) is 0. The molecular weight excluding hydrogens is 344 g/mol. The number of nitrogens with zero attached hydrogens (tertiary/aromatic N) is 2. The third-order valence-electron chi connectivity index (χ3n) is 7.33. The van der Waals surface area contributed by atoms with Crippen molar-refractivity contribution >= 4 is 5.91 Å². The van der Waals surface area contributed by atoms with Gasteiger partial charge in [0.25, 0.3) is 0 Å². The van der Waals surface area contributed by atoms with E-state index < -0.39 is 0 Å². The molecule has 2 aliphatic rings. The average molecular weight is 377 g/mol. The third-order valence-corrected chi connectivity index (χ3v) is 7.33. The monoisotopic (exact) mass is 376 g/mol. The second-order valence-corrected chi connectivity index (χ2v) is 9.15.